The smallest absolute Gasteiger partial charge is 0.278 e. The molecule has 0 radical (unpaired) electrons. The molecule has 0 fully saturated rings. The number of sulfonamides is 1. The topological polar surface area (TPSA) is 110 Å². The predicted molar refractivity (Wildman–Crippen MR) is 103 cm³/mol. The SMILES string of the molecule is Cc1onc(C(=O)Nc2ccc3c(c2)N(S(C)(=O)=O)CC3)c1Cn1cccn1. The highest BCUT2D eigenvalue weighted by Crippen LogP contribution is 2.32. The zero-order chi connectivity index (χ0) is 19.9. The molecule has 0 bridgehead atoms. The first-order valence-electron chi connectivity index (χ1n) is 8.67. The Labute approximate surface area is 162 Å². The van der Waals surface area contributed by atoms with Gasteiger partial charge in [0.1, 0.15) is 5.76 Å². The monoisotopic (exact) mass is 401 g/mol. The van der Waals surface area contributed by atoms with Gasteiger partial charge < -0.3 is 9.84 Å². The molecule has 1 amide bonds. The van der Waals surface area contributed by atoms with Crippen molar-refractivity contribution in [2.45, 2.75) is 19.9 Å². The number of carbonyl (C=O) groups excluding carboxylic acids is 1. The first kappa shape index (κ1) is 18.2. The van der Waals surface area contributed by atoms with E-state index < -0.39 is 15.9 Å². The van der Waals surface area contributed by atoms with Gasteiger partial charge >= 0.3 is 0 Å². The average Bonchev–Trinajstić information content (AvgIpc) is 3.35. The molecule has 1 N–H and O–H groups in total. The van der Waals surface area contributed by atoms with E-state index >= 15 is 0 Å². The quantitative estimate of drug-likeness (QED) is 0.698. The van der Waals surface area contributed by atoms with Gasteiger partial charge in [-0.15, -0.1) is 0 Å². The molecule has 0 unspecified atom stereocenters. The normalized spacial score (nSPS) is 13.6. The number of aromatic nitrogens is 3. The van der Waals surface area contributed by atoms with Gasteiger partial charge in [0.15, 0.2) is 5.69 Å². The van der Waals surface area contributed by atoms with E-state index in [1.807, 2.05) is 6.07 Å². The minimum Gasteiger partial charge on any atom is -0.361 e. The average molecular weight is 401 g/mol. The standard InChI is InChI=1S/C18H19N5O4S/c1-12-15(11-22-8-3-7-19-22)17(21-27-12)18(24)20-14-5-4-13-6-9-23(16(13)10-14)28(2,25)26/h3-5,7-8,10H,6,9,11H2,1-2H3,(H,20,24). The van der Waals surface area contributed by atoms with Crippen LogP contribution in [0.3, 0.4) is 0 Å². The summed E-state index contributed by atoms with van der Waals surface area (Å²) < 4.78 is 32.1. The van der Waals surface area contributed by atoms with E-state index in [9.17, 15) is 13.2 Å². The molecule has 10 heteroatoms. The van der Waals surface area contributed by atoms with Crippen molar-refractivity contribution in [2.75, 3.05) is 22.4 Å². The number of nitrogens with zero attached hydrogens (tertiary/aromatic N) is 4. The second kappa shape index (κ2) is 6.79. The van der Waals surface area contributed by atoms with E-state index in [0.29, 0.717) is 42.2 Å². The van der Waals surface area contributed by atoms with Crippen LogP contribution >= 0.6 is 0 Å². The third-order valence-corrected chi connectivity index (χ3v) is 5.86. The van der Waals surface area contributed by atoms with Crippen molar-refractivity contribution in [3.63, 3.8) is 0 Å². The van der Waals surface area contributed by atoms with Crippen LogP contribution in [0.25, 0.3) is 0 Å². The highest BCUT2D eigenvalue weighted by Gasteiger charge is 2.27. The van der Waals surface area contributed by atoms with Crippen LogP contribution < -0.4 is 9.62 Å². The predicted octanol–water partition coefficient (Wildman–Crippen LogP) is 1.80. The Balaban J connectivity index is 1.59. The summed E-state index contributed by atoms with van der Waals surface area (Å²) in [6.45, 7) is 2.50. The molecule has 1 aromatic carbocycles. The largest absolute Gasteiger partial charge is 0.361 e. The molecule has 28 heavy (non-hydrogen) atoms. The number of fused-ring (bicyclic) bond motifs is 1. The zero-order valence-electron chi connectivity index (χ0n) is 15.4. The maximum absolute atomic E-state index is 12.8. The number of hydrogen-bond acceptors (Lipinski definition) is 6. The Bertz CT molecular complexity index is 1130. The summed E-state index contributed by atoms with van der Waals surface area (Å²) in [5, 5.41) is 10.8. The molecule has 1 aliphatic heterocycles. The van der Waals surface area contributed by atoms with Gasteiger partial charge in [-0.3, -0.25) is 13.8 Å². The van der Waals surface area contributed by atoms with Crippen molar-refractivity contribution in [3.05, 3.63) is 59.2 Å². The third-order valence-electron chi connectivity index (χ3n) is 4.68. The van der Waals surface area contributed by atoms with Gasteiger partial charge in [0.25, 0.3) is 5.91 Å². The molecule has 9 nitrogen and oxygen atoms in total. The van der Waals surface area contributed by atoms with Crippen molar-refractivity contribution >= 4 is 27.3 Å². The fraction of sp³-hybridized carbons (Fsp3) is 0.278. The summed E-state index contributed by atoms with van der Waals surface area (Å²) in [5.74, 6) is 0.112. The van der Waals surface area contributed by atoms with E-state index in [-0.39, 0.29) is 5.69 Å². The van der Waals surface area contributed by atoms with Gasteiger partial charge in [-0.2, -0.15) is 5.10 Å². The summed E-state index contributed by atoms with van der Waals surface area (Å²) in [6.07, 6.45) is 5.26. The van der Waals surface area contributed by atoms with Crippen molar-refractivity contribution in [1.82, 2.24) is 14.9 Å². The molecular weight excluding hydrogens is 382 g/mol. The van der Waals surface area contributed by atoms with Crippen LogP contribution in [-0.2, 0) is 23.0 Å². The third kappa shape index (κ3) is 3.38. The van der Waals surface area contributed by atoms with Crippen LogP contribution in [0.5, 0.6) is 0 Å². The summed E-state index contributed by atoms with van der Waals surface area (Å²) in [5.41, 5.74) is 2.83. The second-order valence-electron chi connectivity index (χ2n) is 6.65. The van der Waals surface area contributed by atoms with Gasteiger partial charge in [0.05, 0.1) is 18.5 Å². The van der Waals surface area contributed by atoms with E-state index in [0.717, 1.165) is 5.56 Å². The van der Waals surface area contributed by atoms with Crippen LogP contribution in [-0.4, -0.2) is 42.1 Å². The Morgan fingerprint density at radius 1 is 1.36 bits per heavy atom. The Hall–Kier alpha value is -3.14. The van der Waals surface area contributed by atoms with Crippen molar-refractivity contribution in [2.24, 2.45) is 0 Å². The lowest BCUT2D eigenvalue weighted by atomic mass is 10.1. The maximum atomic E-state index is 12.8. The number of anilines is 2. The number of carbonyl (C=O) groups is 1. The molecule has 3 heterocycles. The fourth-order valence-corrected chi connectivity index (χ4v) is 4.22. The van der Waals surface area contributed by atoms with Crippen molar-refractivity contribution in [3.8, 4) is 0 Å². The Kier molecular flexibility index (Phi) is 4.42. The maximum Gasteiger partial charge on any atom is 0.278 e. The summed E-state index contributed by atoms with van der Waals surface area (Å²) in [4.78, 5) is 12.8. The Morgan fingerprint density at radius 3 is 2.89 bits per heavy atom. The summed E-state index contributed by atoms with van der Waals surface area (Å²) in [6, 6.07) is 7.04. The number of rotatable bonds is 5. The lowest BCUT2D eigenvalue weighted by molar-refractivity contribution is 0.101. The van der Waals surface area contributed by atoms with Gasteiger partial charge in [0.2, 0.25) is 10.0 Å². The van der Waals surface area contributed by atoms with E-state index in [2.05, 4.69) is 15.6 Å². The molecule has 1 aliphatic rings. The van der Waals surface area contributed by atoms with Gasteiger partial charge in [-0.1, -0.05) is 11.2 Å². The Morgan fingerprint density at radius 2 is 2.18 bits per heavy atom. The second-order valence-corrected chi connectivity index (χ2v) is 8.56. The van der Waals surface area contributed by atoms with E-state index in [1.54, 1.807) is 42.2 Å². The van der Waals surface area contributed by atoms with Crippen molar-refractivity contribution < 1.29 is 17.7 Å². The van der Waals surface area contributed by atoms with Gasteiger partial charge in [-0.05, 0) is 37.1 Å². The number of nitrogens with one attached hydrogen (secondary N) is 1. The number of benzene rings is 1. The molecule has 0 atom stereocenters. The van der Waals surface area contributed by atoms with E-state index in [1.165, 1.54) is 10.6 Å². The fourth-order valence-electron chi connectivity index (χ4n) is 3.27. The van der Waals surface area contributed by atoms with Crippen LogP contribution in [0.15, 0.2) is 41.2 Å². The lowest BCUT2D eigenvalue weighted by Crippen LogP contribution is -2.27. The van der Waals surface area contributed by atoms with Crippen LogP contribution in [0.4, 0.5) is 11.4 Å². The molecule has 3 aromatic rings. The number of hydrogen-bond donors (Lipinski definition) is 1. The molecular formula is C18H19N5O4S. The van der Waals surface area contributed by atoms with Crippen molar-refractivity contribution in [1.29, 1.82) is 0 Å². The number of aryl methyl sites for hydroxylation is 1. The summed E-state index contributed by atoms with van der Waals surface area (Å²) in [7, 11) is -3.36. The van der Waals surface area contributed by atoms with Gasteiger partial charge in [-0.25, -0.2) is 8.42 Å². The molecule has 2 aromatic heterocycles. The minimum absolute atomic E-state index is 0.175. The zero-order valence-corrected chi connectivity index (χ0v) is 16.2. The van der Waals surface area contributed by atoms with E-state index in [4.69, 9.17) is 4.52 Å². The number of amides is 1. The minimum atomic E-state index is -3.36. The molecule has 4 rings (SSSR count). The molecule has 0 spiro atoms. The highest BCUT2D eigenvalue weighted by atomic mass is 32.2. The molecule has 0 saturated heterocycles. The van der Waals surface area contributed by atoms with Crippen LogP contribution in [0, 0.1) is 6.92 Å². The van der Waals surface area contributed by atoms with Crippen LogP contribution in [0.1, 0.15) is 27.4 Å². The molecule has 0 saturated carbocycles. The molecule has 0 aliphatic carbocycles. The molecule has 146 valence electrons. The van der Waals surface area contributed by atoms with Gasteiger partial charge in [0, 0.05) is 30.2 Å². The first-order valence-corrected chi connectivity index (χ1v) is 10.5. The summed E-state index contributed by atoms with van der Waals surface area (Å²) >= 11 is 0. The highest BCUT2D eigenvalue weighted by molar-refractivity contribution is 7.92. The van der Waals surface area contributed by atoms with Crippen LogP contribution in [0.2, 0.25) is 0 Å². The lowest BCUT2D eigenvalue weighted by Gasteiger charge is -2.17. The first-order chi connectivity index (χ1) is 13.3.